The van der Waals surface area contributed by atoms with Gasteiger partial charge in [-0.3, -0.25) is 9.63 Å². The van der Waals surface area contributed by atoms with Crippen molar-refractivity contribution in [2.24, 2.45) is 0 Å². The number of alkyl halides is 1. The second-order valence-electron chi connectivity index (χ2n) is 1.40. The number of carbonyl (C=O) groups is 1. The molecule has 0 aromatic carbocycles. The fourth-order valence-corrected chi connectivity index (χ4v) is 0.650. The Morgan fingerprint density at radius 2 is 2.44 bits per heavy atom. The predicted molar refractivity (Wildman–Crippen MR) is 38.2 cm³/mol. The smallest absolute Gasteiger partial charge is 0.244 e. The van der Waals surface area contributed by atoms with Gasteiger partial charge in [0.05, 0.1) is 6.61 Å². The molecule has 0 fully saturated rings. The second-order valence-corrected chi connectivity index (χ2v) is 2.19. The van der Waals surface area contributed by atoms with E-state index in [4.69, 9.17) is 0 Å². The lowest BCUT2D eigenvalue weighted by Crippen LogP contribution is -2.23. The van der Waals surface area contributed by atoms with Crippen molar-refractivity contribution >= 4 is 21.8 Å². The maximum Gasteiger partial charge on any atom is 0.244 e. The number of hydrogen-bond donors (Lipinski definition) is 1. The monoisotopic (exact) mass is 195 g/mol. The zero-order valence-corrected chi connectivity index (χ0v) is 6.90. The Bertz CT molecular complexity index is 87.0. The number of hydroxylamine groups is 1. The molecular formula is C5H10BrNO2. The van der Waals surface area contributed by atoms with E-state index in [0.717, 1.165) is 0 Å². The summed E-state index contributed by atoms with van der Waals surface area (Å²) in [6.07, 6.45) is 0.458. The molecule has 0 saturated heterocycles. The molecule has 0 aliphatic carbocycles. The van der Waals surface area contributed by atoms with Crippen LogP contribution in [0.1, 0.15) is 13.3 Å². The van der Waals surface area contributed by atoms with Crippen molar-refractivity contribution in [3.63, 3.8) is 0 Å². The summed E-state index contributed by atoms with van der Waals surface area (Å²) in [4.78, 5) is 15.2. The van der Waals surface area contributed by atoms with E-state index in [9.17, 15) is 4.79 Å². The Hall–Kier alpha value is -0.0900. The first-order valence-electron chi connectivity index (χ1n) is 2.77. The minimum atomic E-state index is -0.0891. The molecule has 0 aromatic heterocycles. The van der Waals surface area contributed by atoms with E-state index >= 15 is 0 Å². The third-order valence-electron chi connectivity index (χ3n) is 0.652. The van der Waals surface area contributed by atoms with Gasteiger partial charge in [-0.05, 0) is 6.92 Å². The molecular weight excluding hydrogens is 186 g/mol. The Morgan fingerprint density at radius 1 is 1.78 bits per heavy atom. The van der Waals surface area contributed by atoms with Crippen LogP contribution in [0.15, 0.2) is 0 Å². The highest BCUT2D eigenvalue weighted by Gasteiger charge is 1.95. The van der Waals surface area contributed by atoms with Gasteiger partial charge in [0.2, 0.25) is 5.91 Å². The van der Waals surface area contributed by atoms with Crippen LogP contribution < -0.4 is 5.48 Å². The van der Waals surface area contributed by atoms with Crippen molar-refractivity contribution in [2.45, 2.75) is 13.3 Å². The number of amides is 1. The van der Waals surface area contributed by atoms with E-state index in [1.165, 1.54) is 0 Å². The molecule has 0 radical (unpaired) electrons. The summed E-state index contributed by atoms with van der Waals surface area (Å²) in [5.41, 5.74) is 2.26. The minimum absolute atomic E-state index is 0.0891. The summed E-state index contributed by atoms with van der Waals surface area (Å²) < 4.78 is 0. The normalized spacial score (nSPS) is 9.11. The highest BCUT2D eigenvalue weighted by atomic mass is 79.9. The van der Waals surface area contributed by atoms with Gasteiger partial charge in [0, 0.05) is 11.8 Å². The van der Waals surface area contributed by atoms with E-state index in [1.54, 1.807) is 0 Å². The molecule has 3 nitrogen and oxygen atoms in total. The first kappa shape index (κ1) is 8.91. The molecule has 0 saturated carbocycles. The van der Waals surface area contributed by atoms with Crippen LogP contribution in [0.4, 0.5) is 0 Å². The first-order valence-corrected chi connectivity index (χ1v) is 3.90. The molecule has 0 bridgehead atoms. The van der Waals surface area contributed by atoms with Gasteiger partial charge < -0.3 is 0 Å². The van der Waals surface area contributed by atoms with Crippen LogP contribution in [0.25, 0.3) is 0 Å². The summed E-state index contributed by atoms with van der Waals surface area (Å²) in [7, 11) is 0. The van der Waals surface area contributed by atoms with Gasteiger partial charge in [0.1, 0.15) is 0 Å². The van der Waals surface area contributed by atoms with E-state index in [1.807, 2.05) is 6.92 Å². The number of halogens is 1. The Balaban J connectivity index is 3.06. The molecule has 1 amide bonds. The number of carbonyl (C=O) groups excluding carboxylic acids is 1. The number of hydrogen-bond acceptors (Lipinski definition) is 2. The SMILES string of the molecule is CCONC(=O)CCBr. The average molecular weight is 196 g/mol. The summed E-state index contributed by atoms with van der Waals surface area (Å²) in [5, 5.41) is 0.673. The molecule has 0 rings (SSSR count). The maximum atomic E-state index is 10.5. The quantitative estimate of drug-likeness (QED) is 0.534. The van der Waals surface area contributed by atoms with E-state index in [2.05, 4.69) is 26.2 Å². The zero-order chi connectivity index (χ0) is 7.11. The molecule has 0 heterocycles. The Labute approximate surface area is 62.8 Å². The lowest BCUT2D eigenvalue weighted by Gasteiger charge is -1.99. The molecule has 0 aliphatic rings. The van der Waals surface area contributed by atoms with Crippen LogP contribution in [-0.4, -0.2) is 17.8 Å². The third kappa shape index (κ3) is 5.79. The van der Waals surface area contributed by atoms with Gasteiger partial charge in [-0.2, -0.15) is 0 Å². The van der Waals surface area contributed by atoms with Crippen molar-refractivity contribution < 1.29 is 9.63 Å². The largest absolute Gasteiger partial charge is 0.274 e. The fourth-order valence-electron chi connectivity index (χ4n) is 0.290. The summed E-state index contributed by atoms with van der Waals surface area (Å²) in [6, 6.07) is 0. The van der Waals surface area contributed by atoms with E-state index in [-0.39, 0.29) is 5.91 Å². The van der Waals surface area contributed by atoms with Gasteiger partial charge in [-0.25, -0.2) is 5.48 Å². The van der Waals surface area contributed by atoms with Gasteiger partial charge >= 0.3 is 0 Å². The van der Waals surface area contributed by atoms with Crippen LogP contribution in [0.2, 0.25) is 0 Å². The molecule has 9 heavy (non-hydrogen) atoms. The molecule has 0 aromatic rings. The number of rotatable bonds is 4. The third-order valence-corrected chi connectivity index (χ3v) is 1.05. The Morgan fingerprint density at radius 3 is 2.89 bits per heavy atom. The van der Waals surface area contributed by atoms with Gasteiger partial charge in [-0.15, -0.1) is 0 Å². The molecule has 0 spiro atoms. The first-order chi connectivity index (χ1) is 4.31. The molecule has 54 valence electrons. The van der Waals surface area contributed by atoms with Crippen molar-refractivity contribution in [1.82, 2.24) is 5.48 Å². The van der Waals surface area contributed by atoms with Crippen LogP contribution >= 0.6 is 15.9 Å². The van der Waals surface area contributed by atoms with Crippen LogP contribution in [0, 0.1) is 0 Å². The van der Waals surface area contributed by atoms with Crippen molar-refractivity contribution in [3.05, 3.63) is 0 Å². The fraction of sp³-hybridized carbons (Fsp3) is 0.800. The highest BCUT2D eigenvalue weighted by molar-refractivity contribution is 9.09. The average Bonchev–Trinajstić information content (AvgIpc) is 1.85. The zero-order valence-electron chi connectivity index (χ0n) is 5.32. The van der Waals surface area contributed by atoms with Gasteiger partial charge in [0.15, 0.2) is 0 Å². The molecule has 0 aliphatic heterocycles. The molecule has 4 heteroatoms. The molecule has 0 unspecified atom stereocenters. The maximum absolute atomic E-state index is 10.5. The molecule has 1 N–H and O–H groups in total. The second kappa shape index (κ2) is 6.04. The van der Waals surface area contributed by atoms with Gasteiger partial charge in [0.25, 0.3) is 0 Å². The Kier molecular flexibility index (Phi) is 5.98. The number of nitrogens with one attached hydrogen (secondary N) is 1. The van der Waals surface area contributed by atoms with Crippen LogP contribution in [-0.2, 0) is 9.63 Å². The summed E-state index contributed by atoms with van der Waals surface area (Å²) in [6.45, 7) is 2.32. The van der Waals surface area contributed by atoms with Crippen LogP contribution in [0.3, 0.4) is 0 Å². The topological polar surface area (TPSA) is 38.3 Å². The predicted octanol–water partition coefficient (Wildman–Crippen LogP) is 0.839. The highest BCUT2D eigenvalue weighted by Crippen LogP contribution is 1.86. The standard InChI is InChI=1S/C5H10BrNO2/c1-2-9-7-5(8)3-4-6/h2-4H2,1H3,(H,7,8). The lowest BCUT2D eigenvalue weighted by atomic mass is 10.5. The van der Waals surface area contributed by atoms with Crippen molar-refractivity contribution in [3.8, 4) is 0 Å². The van der Waals surface area contributed by atoms with Crippen molar-refractivity contribution in [1.29, 1.82) is 0 Å². The van der Waals surface area contributed by atoms with Gasteiger partial charge in [-0.1, -0.05) is 15.9 Å². The van der Waals surface area contributed by atoms with E-state index < -0.39 is 0 Å². The van der Waals surface area contributed by atoms with Crippen LogP contribution in [0.5, 0.6) is 0 Å². The molecule has 0 atom stereocenters. The lowest BCUT2D eigenvalue weighted by molar-refractivity contribution is -0.132. The minimum Gasteiger partial charge on any atom is -0.274 e. The summed E-state index contributed by atoms with van der Waals surface area (Å²) in [5.74, 6) is -0.0891. The van der Waals surface area contributed by atoms with E-state index in [0.29, 0.717) is 18.4 Å². The van der Waals surface area contributed by atoms with Crippen molar-refractivity contribution in [2.75, 3.05) is 11.9 Å². The summed E-state index contributed by atoms with van der Waals surface area (Å²) >= 11 is 3.13.